The summed E-state index contributed by atoms with van der Waals surface area (Å²) < 4.78 is 5.22. The molecule has 0 N–H and O–H groups in total. The highest BCUT2D eigenvalue weighted by molar-refractivity contribution is 5.93. The van der Waals surface area contributed by atoms with E-state index in [2.05, 4.69) is 0 Å². The first-order chi connectivity index (χ1) is 5.54. The predicted molar refractivity (Wildman–Crippen MR) is 50.1 cm³/mol. The van der Waals surface area contributed by atoms with Gasteiger partial charge in [0.05, 0.1) is 6.10 Å². The van der Waals surface area contributed by atoms with Crippen molar-refractivity contribution in [2.45, 2.75) is 40.2 Å². The summed E-state index contributed by atoms with van der Waals surface area (Å²) in [5.41, 5.74) is 1.87. The number of ketones is 1. The highest BCUT2D eigenvalue weighted by Gasteiger charge is 2.11. The van der Waals surface area contributed by atoms with E-state index in [0.717, 1.165) is 17.6 Å². The Hall–Kier alpha value is -0.630. The second kappa shape index (κ2) is 5.09. The van der Waals surface area contributed by atoms with Crippen LogP contribution in [0.1, 0.15) is 34.1 Å². The van der Waals surface area contributed by atoms with Crippen molar-refractivity contribution in [3.63, 3.8) is 0 Å². The van der Waals surface area contributed by atoms with Crippen molar-refractivity contribution < 1.29 is 9.53 Å². The van der Waals surface area contributed by atoms with E-state index in [1.807, 2.05) is 20.8 Å². The minimum atomic E-state index is 0.0916. The van der Waals surface area contributed by atoms with Gasteiger partial charge in [-0.1, -0.05) is 6.92 Å². The number of Topliss-reactive ketones (excluding diaryl/α,β-unsaturated/α-hetero) is 1. The second-order valence-corrected chi connectivity index (χ2v) is 3.00. The van der Waals surface area contributed by atoms with Crippen LogP contribution in [0.25, 0.3) is 0 Å². The van der Waals surface area contributed by atoms with Gasteiger partial charge in [0.15, 0.2) is 5.78 Å². The summed E-state index contributed by atoms with van der Waals surface area (Å²) in [7, 11) is 1.67. The Morgan fingerprint density at radius 2 is 1.83 bits per heavy atom. The van der Waals surface area contributed by atoms with Crippen molar-refractivity contribution in [3.8, 4) is 0 Å². The fourth-order valence-electron chi connectivity index (χ4n) is 1.17. The molecule has 2 nitrogen and oxygen atoms in total. The third kappa shape index (κ3) is 2.78. The Kier molecular flexibility index (Phi) is 4.83. The number of ether oxygens (including phenoxy) is 1. The van der Waals surface area contributed by atoms with E-state index >= 15 is 0 Å². The normalized spacial score (nSPS) is 15.4. The zero-order chi connectivity index (χ0) is 9.72. The Morgan fingerprint density at radius 1 is 1.33 bits per heavy atom. The van der Waals surface area contributed by atoms with Crippen molar-refractivity contribution in [2.75, 3.05) is 7.11 Å². The molecule has 0 aromatic heterocycles. The number of hydrogen-bond acceptors (Lipinski definition) is 2. The molecule has 1 atom stereocenters. The Balaban J connectivity index is 4.62. The highest BCUT2D eigenvalue weighted by atomic mass is 16.5. The Morgan fingerprint density at radius 3 is 2.08 bits per heavy atom. The molecule has 0 aromatic rings. The quantitative estimate of drug-likeness (QED) is 0.605. The molecule has 0 aliphatic carbocycles. The Bertz CT molecular complexity index is 188. The van der Waals surface area contributed by atoms with Crippen LogP contribution < -0.4 is 0 Å². The predicted octanol–water partition coefficient (Wildman–Crippen LogP) is 2.34. The minimum Gasteiger partial charge on any atom is -0.377 e. The molecule has 0 aromatic carbocycles. The van der Waals surface area contributed by atoms with Gasteiger partial charge >= 0.3 is 0 Å². The first-order valence-electron chi connectivity index (χ1n) is 4.25. The monoisotopic (exact) mass is 170 g/mol. The molecule has 0 saturated carbocycles. The van der Waals surface area contributed by atoms with Crippen LogP contribution in [0.15, 0.2) is 11.1 Å². The summed E-state index contributed by atoms with van der Waals surface area (Å²) >= 11 is 0. The van der Waals surface area contributed by atoms with E-state index in [1.54, 1.807) is 14.0 Å². The van der Waals surface area contributed by atoms with E-state index in [0.29, 0.717) is 0 Å². The topological polar surface area (TPSA) is 26.3 Å². The minimum absolute atomic E-state index is 0.0916. The van der Waals surface area contributed by atoms with Gasteiger partial charge in [-0.2, -0.15) is 0 Å². The van der Waals surface area contributed by atoms with Gasteiger partial charge in [0.1, 0.15) is 0 Å². The molecule has 0 aliphatic heterocycles. The van der Waals surface area contributed by atoms with Crippen LogP contribution in [0, 0.1) is 0 Å². The maximum atomic E-state index is 11.0. The van der Waals surface area contributed by atoms with Crippen LogP contribution in [0.2, 0.25) is 0 Å². The van der Waals surface area contributed by atoms with Crippen LogP contribution in [0.5, 0.6) is 0 Å². The first kappa shape index (κ1) is 11.4. The molecule has 70 valence electrons. The lowest BCUT2D eigenvalue weighted by Crippen LogP contribution is -2.13. The molecule has 0 fully saturated rings. The zero-order valence-electron chi connectivity index (χ0n) is 8.60. The van der Waals surface area contributed by atoms with Crippen LogP contribution in [0.3, 0.4) is 0 Å². The average Bonchev–Trinajstić information content (AvgIpc) is 2.05. The van der Waals surface area contributed by atoms with Gasteiger partial charge in [-0.15, -0.1) is 0 Å². The lowest BCUT2D eigenvalue weighted by Gasteiger charge is -2.15. The summed E-state index contributed by atoms with van der Waals surface area (Å²) in [5.74, 6) is 0.128. The van der Waals surface area contributed by atoms with Gasteiger partial charge in [-0.3, -0.25) is 4.79 Å². The van der Waals surface area contributed by atoms with E-state index in [9.17, 15) is 4.79 Å². The number of carbonyl (C=O) groups is 1. The van der Waals surface area contributed by atoms with Crippen molar-refractivity contribution in [2.24, 2.45) is 0 Å². The second-order valence-electron chi connectivity index (χ2n) is 3.00. The molecule has 0 spiro atoms. The zero-order valence-corrected chi connectivity index (χ0v) is 8.60. The standard InChI is InChI=1S/C10H18O2/c1-6-10(12-5)8(3)7(2)9(4)11/h10H,6H2,1-5H3. The van der Waals surface area contributed by atoms with Gasteiger partial charge in [-0.05, 0) is 38.3 Å². The number of hydrogen-bond donors (Lipinski definition) is 0. The van der Waals surface area contributed by atoms with Gasteiger partial charge in [0, 0.05) is 7.11 Å². The summed E-state index contributed by atoms with van der Waals surface area (Å²) in [4.78, 5) is 11.0. The Labute approximate surface area is 74.6 Å². The van der Waals surface area contributed by atoms with Crippen molar-refractivity contribution in [1.29, 1.82) is 0 Å². The summed E-state index contributed by atoms with van der Waals surface area (Å²) in [6, 6.07) is 0. The molecule has 0 rings (SSSR count). The largest absolute Gasteiger partial charge is 0.377 e. The van der Waals surface area contributed by atoms with Crippen molar-refractivity contribution in [1.82, 2.24) is 0 Å². The van der Waals surface area contributed by atoms with Crippen molar-refractivity contribution in [3.05, 3.63) is 11.1 Å². The van der Waals surface area contributed by atoms with Crippen LogP contribution in [-0.4, -0.2) is 19.0 Å². The van der Waals surface area contributed by atoms with E-state index in [-0.39, 0.29) is 11.9 Å². The van der Waals surface area contributed by atoms with Gasteiger partial charge in [0.2, 0.25) is 0 Å². The van der Waals surface area contributed by atoms with Crippen LogP contribution in [0.4, 0.5) is 0 Å². The third-order valence-electron chi connectivity index (χ3n) is 2.26. The molecule has 0 saturated heterocycles. The maximum absolute atomic E-state index is 11.0. The number of carbonyl (C=O) groups excluding carboxylic acids is 1. The number of methoxy groups -OCH3 is 1. The van der Waals surface area contributed by atoms with Gasteiger partial charge < -0.3 is 4.74 Å². The fourth-order valence-corrected chi connectivity index (χ4v) is 1.17. The molecule has 0 heterocycles. The van der Waals surface area contributed by atoms with Gasteiger partial charge in [-0.25, -0.2) is 0 Å². The average molecular weight is 170 g/mol. The molecule has 0 radical (unpaired) electrons. The number of allylic oxidation sites excluding steroid dienone is 1. The van der Waals surface area contributed by atoms with E-state index in [1.165, 1.54) is 0 Å². The van der Waals surface area contributed by atoms with Crippen molar-refractivity contribution >= 4 is 5.78 Å². The van der Waals surface area contributed by atoms with E-state index < -0.39 is 0 Å². The van der Waals surface area contributed by atoms with E-state index in [4.69, 9.17) is 4.74 Å². The van der Waals surface area contributed by atoms with Crippen LogP contribution in [-0.2, 0) is 9.53 Å². The number of rotatable bonds is 4. The first-order valence-corrected chi connectivity index (χ1v) is 4.25. The highest BCUT2D eigenvalue weighted by Crippen LogP contribution is 2.14. The van der Waals surface area contributed by atoms with Gasteiger partial charge in [0.25, 0.3) is 0 Å². The van der Waals surface area contributed by atoms with Crippen LogP contribution >= 0.6 is 0 Å². The lowest BCUT2D eigenvalue weighted by molar-refractivity contribution is -0.113. The molecule has 0 amide bonds. The molecular weight excluding hydrogens is 152 g/mol. The molecule has 0 aliphatic rings. The molecule has 2 heteroatoms. The molecule has 0 bridgehead atoms. The fraction of sp³-hybridized carbons (Fsp3) is 0.700. The lowest BCUT2D eigenvalue weighted by atomic mass is 10.0. The molecular formula is C10H18O2. The molecule has 1 unspecified atom stereocenters. The SMILES string of the molecule is CCC(OC)C(C)=C(C)C(C)=O. The third-order valence-corrected chi connectivity index (χ3v) is 2.26. The smallest absolute Gasteiger partial charge is 0.155 e. The molecule has 12 heavy (non-hydrogen) atoms. The maximum Gasteiger partial charge on any atom is 0.155 e. The summed E-state index contributed by atoms with van der Waals surface area (Å²) in [6.45, 7) is 7.43. The summed E-state index contributed by atoms with van der Waals surface area (Å²) in [6.07, 6.45) is 1.00. The summed E-state index contributed by atoms with van der Waals surface area (Å²) in [5, 5.41) is 0.